The minimum absolute atomic E-state index is 0.784. The first-order chi connectivity index (χ1) is 5.31. The predicted molar refractivity (Wildman–Crippen MR) is 52.2 cm³/mol. The molecule has 0 aromatic carbocycles. The molecule has 0 atom stereocenters. The molecule has 12 heavy (non-hydrogen) atoms. The molecule has 0 radical (unpaired) electrons. The summed E-state index contributed by atoms with van der Waals surface area (Å²) in [5.41, 5.74) is 0. The van der Waals surface area contributed by atoms with E-state index in [1.807, 2.05) is 0 Å². The molecule has 0 bridgehead atoms. The Morgan fingerprint density at radius 1 is 1.17 bits per heavy atom. The van der Waals surface area contributed by atoms with Crippen LogP contribution in [0.25, 0.3) is 0 Å². The molecule has 0 aliphatic carbocycles. The molecule has 1 aliphatic heterocycles. The standard InChI is InChI=1S/C7H18N2O2S/c1-9(2)6-4-8(5-7-9)12(3,10)11/h4-7H2,1-3H3,(H-,10,11)/p+1. The Morgan fingerprint density at radius 3 is 1.92 bits per heavy atom. The first-order valence-electron chi connectivity index (χ1n) is 4.12. The van der Waals surface area contributed by atoms with Crippen LogP contribution >= 0.6 is 10.8 Å². The predicted octanol–water partition coefficient (Wildman–Crippen LogP) is 0.674. The van der Waals surface area contributed by atoms with Crippen LogP contribution in [0, 0.1) is 0 Å². The van der Waals surface area contributed by atoms with Gasteiger partial charge in [0.15, 0.2) is 0 Å². The number of hydrogen-bond donors (Lipinski definition) is 2. The van der Waals surface area contributed by atoms with E-state index >= 15 is 0 Å². The summed E-state index contributed by atoms with van der Waals surface area (Å²) in [5.74, 6) is 0. The second-order valence-electron chi connectivity index (χ2n) is 4.10. The third-order valence-corrected chi connectivity index (χ3v) is 3.74. The molecule has 0 spiro atoms. The topological polar surface area (TPSA) is 43.7 Å². The summed E-state index contributed by atoms with van der Waals surface area (Å²) in [7, 11) is 1.88. The molecule has 0 unspecified atom stereocenters. The average molecular weight is 195 g/mol. The van der Waals surface area contributed by atoms with E-state index in [4.69, 9.17) is 0 Å². The third kappa shape index (κ3) is 2.60. The monoisotopic (exact) mass is 195 g/mol. The molecular formula is C7H19N2O2S+. The Kier molecular flexibility index (Phi) is 2.70. The fourth-order valence-electron chi connectivity index (χ4n) is 1.33. The number of quaternary nitrogens is 1. The maximum atomic E-state index is 9.37. The maximum absolute atomic E-state index is 9.37. The lowest BCUT2D eigenvalue weighted by Gasteiger charge is -2.46. The minimum atomic E-state index is -2.45. The molecular weight excluding hydrogens is 176 g/mol. The smallest absolute Gasteiger partial charge is 0.0929 e. The van der Waals surface area contributed by atoms with Crippen LogP contribution in [0.5, 0.6) is 0 Å². The molecule has 0 amide bonds. The molecule has 1 rings (SSSR count). The van der Waals surface area contributed by atoms with Gasteiger partial charge in [-0.05, 0) is 0 Å². The fourth-order valence-corrected chi connectivity index (χ4v) is 2.19. The summed E-state index contributed by atoms with van der Waals surface area (Å²) in [6.07, 6.45) is 1.50. The van der Waals surface area contributed by atoms with E-state index in [2.05, 4.69) is 14.1 Å². The van der Waals surface area contributed by atoms with Gasteiger partial charge in [0.2, 0.25) is 0 Å². The summed E-state index contributed by atoms with van der Waals surface area (Å²) in [6.45, 7) is 3.55. The Labute approximate surface area is 75.9 Å². The number of likely N-dealkylation sites (N-methyl/N-ethyl adjacent to an activating group) is 1. The lowest BCUT2D eigenvalue weighted by atomic mass is 10.3. The highest BCUT2D eigenvalue weighted by Gasteiger charge is 2.29. The Balaban J connectivity index is 2.47. The Bertz CT molecular complexity index is 157. The molecule has 1 aliphatic rings. The summed E-state index contributed by atoms with van der Waals surface area (Å²) in [6, 6.07) is 0. The summed E-state index contributed by atoms with van der Waals surface area (Å²) in [4.78, 5) is 0. The first kappa shape index (κ1) is 10.3. The minimum Gasteiger partial charge on any atom is -0.326 e. The van der Waals surface area contributed by atoms with Crippen LogP contribution in [0.2, 0.25) is 0 Å². The second kappa shape index (κ2) is 3.16. The zero-order valence-electron chi connectivity index (χ0n) is 8.03. The summed E-state index contributed by atoms with van der Waals surface area (Å²) >= 11 is 0. The van der Waals surface area contributed by atoms with E-state index in [1.165, 1.54) is 6.26 Å². The SMILES string of the molecule is C[N+]1(C)CCN(S(C)(O)O)CC1. The largest absolute Gasteiger partial charge is 0.326 e. The fraction of sp³-hybridized carbons (Fsp3) is 1.00. The molecule has 0 aromatic rings. The highest BCUT2D eigenvalue weighted by Crippen LogP contribution is 2.39. The van der Waals surface area contributed by atoms with Crippen LogP contribution in [0.4, 0.5) is 0 Å². The molecule has 74 valence electrons. The van der Waals surface area contributed by atoms with E-state index < -0.39 is 10.8 Å². The van der Waals surface area contributed by atoms with Gasteiger partial charge in [0.05, 0.1) is 40.3 Å². The van der Waals surface area contributed by atoms with Gasteiger partial charge in [-0.25, -0.2) is 0 Å². The average Bonchev–Trinajstić information content (AvgIpc) is 1.83. The van der Waals surface area contributed by atoms with Crippen molar-refractivity contribution in [2.24, 2.45) is 0 Å². The van der Waals surface area contributed by atoms with Crippen molar-refractivity contribution in [1.82, 2.24) is 4.31 Å². The molecule has 1 fully saturated rings. The van der Waals surface area contributed by atoms with E-state index in [1.54, 1.807) is 4.31 Å². The van der Waals surface area contributed by atoms with Gasteiger partial charge < -0.3 is 4.48 Å². The number of nitrogens with zero attached hydrogens (tertiary/aromatic N) is 2. The normalized spacial score (nSPS) is 27.1. The lowest BCUT2D eigenvalue weighted by Crippen LogP contribution is -2.54. The lowest BCUT2D eigenvalue weighted by molar-refractivity contribution is -0.893. The highest BCUT2D eigenvalue weighted by atomic mass is 32.3. The van der Waals surface area contributed by atoms with Crippen molar-refractivity contribution in [3.8, 4) is 0 Å². The van der Waals surface area contributed by atoms with Gasteiger partial charge in [-0.1, -0.05) is 0 Å². The Morgan fingerprint density at radius 2 is 1.58 bits per heavy atom. The zero-order chi connectivity index (χ0) is 9.41. The zero-order valence-corrected chi connectivity index (χ0v) is 8.84. The molecule has 0 saturated carbocycles. The van der Waals surface area contributed by atoms with Crippen molar-refractivity contribution in [3.63, 3.8) is 0 Å². The molecule has 4 nitrogen and oxygen atoms in total. The van der Waals surface area contributed by atoms with Crippen LogP contribution in [-0.2, 0) is 0 Å². The molecule has 2 N–H and O–H groups in total. The molecule has 1 heterocycles. The number of piperazine rings is 1. The van der Waals surface area contributed by atoms with Crippen LogP contribution in [0.1, 0.15) is 0 Å². The highest BCUT2D eigenvalue weighted by molar-refractivity contribution is 8.21. The van der Waals surface area contributed by atoms with E-state index in [9.17, 15) is 9.11 Å². The van der Waals surface area contributed by atoms with E-state index in [0.717, 1.165) is 30.7 Å². The van der Waals surface area contributed by atoms with Crippen molar-refractivity contribution in [3.05, 3.63) is 0 Å². The third-order valence-electron chi connectivity index (χ3n) is 2.40. The van der Waals surface area contributed by atoms with E-state index in [0.29, 0.717) is 0 Å². The van der Waals surface area contributed by atoms with Crippen molar-refractivity contribution >= 4 is 10.8 Å². The summed E-state index contributed by atoms with van der Waals surface area (Å²) < 4.78 is 21.5. The van der Waals surface area contributed by atoms with Crippen LogP contribution < -0.4 is 0 Å². The molecule has 5 heteroatoms. The summed E-state index contributed by atoms with van der Waals surface area (Å²) in [5, 5.41) is 0. The second-order valence-corrected chi connectivity index (χ2v) is 6.21. The van der Waals surface area contributed by atoms with Crippen LogP contribution in [0.3, 0.4) is 0 Å². The number of hydrogen-bond acceptors (Lipinski definition) is 3. The van der Waals surface area contributed by atoms with Gasteiger partial charge in [0.1, 0.15) is 0 Å². The van der Waals surface area contributed by atoms with Crippen molar-refractivity contribution in [2.75, 3.05) is 46.5 Å². The van der Waals surface area contributed by atoms with Gasteiger partial charge in [-0.15, -0.1) is 10.8 Å². The van der Waals surface area contributed by atoms with Gasteiger partial charge in [-0.3, -0.25) is 9.11 Å². The Hall–Kier alpha value is 0.190. The van der Waals surface area contributed by atoms with Gasteiger partial charge in [0, 0.05) is 6.26 Å². The van der Waals surface area contributed by atoms with Crippen LogP contribution in [0.15, 0.2) is 0 Å². The number of rotatable bonds is 1. The van der Waals surface area contributed by atoms with E-state index in [-0.39, 0.29) is 0 Å². The molecule has 1 saturated heterocycles. The maximum Gasteiger partial charge on any atom is 0.0929 e. The first-order valence-corrected chi connectivity index (χ1v) is 6.03. The van der Waals surface area contributed by atoms with Gasteiger partial charge in [0.25, 0.3) is 0 Å². The van der Waals surface area contributed by atoms with Crippen molar-refractivity contribution in [1.29, 1.82) is 0 Å². The quantitative estimate of drug-likeness (QED) is 0.605. The molecule has 0 aromatic heterocycles. The van der Waals surface area contributed by atoms with Gasteiger partial charge in [-0.2, -0.15) is 4.31 Å². The van der Waals surface area contributed by atoms with Crippen molar-refractivity contribution < 1.29 is 13.6 Å². The van der Waals surface area contributed by atoms with Crippen LogP contribution in [-0.4, -0.2) is 64.4 Å². The van der Waals surface area contributed by atoms with Gasteiger partial charge >= 0.3 is 0 Å². The van der Waals surface area contributed by atoms with Crippen molar-refractivity contribution in [2.45, 2.75) is 0 Å².